The van der Waals surface area contributed by atoms with Crippen molar-refractivity contribution >= 4 is 11.8 Å². The summed E-state index contributed by atoms with van der Waals surface area (Å²) >= 11 is 0. The van der Waals surface area contributed by atoms with Gasteiger partial charge in [0, 0.05) is 26.2 Å². The van der Waals surface area contributed by atoms with Gasteiger partial charge in [0.2, 0.25) is 11.8 Å². The molecule has 6 nitrogen and oxygen atoms in total. The van der Waals surface area contributed by atoms with Crippen LogP contribution in [0.25, 0.3) is 0 Å². The van der Waals surface area contributed by atoms with E-state index < -0.39 is 0 Å². The summed E-state index contributed by atoms with van der Waals surface area (Å²) in [6.07, 6.45) is 3.22. The van der Waals surface area contributed by atoms with E-state index in [1.807, 2.05) is 0 Å². The lowest BCUT2D eigenvalue weighted by molar-refractivity contribution is -0.135. The Balaban J connectivity index is 1.69. The van der Waals surface area contributed by atoms with Crippen LogP contribution in [-0.4, -0.2) is 74.0 Å². The van der Waals surface area contributed by atoms with E-state index in [1.165, 1.54) is 4.90 Å². The minimum absolute atomic E-state index is 0.0212. The van der Waals surface area contributed by atoms with Crippen molar-refractivity contribution in [3.63, 3.8) is 0 Å². The van der Waals surface area contributed by atoms with Crippen molar-refractivity contribution in [3.05, 3.63) is 0 Å². The highest BCUT2D eigenvalue weighted by Crippen LogP contribution is 2.18. The predicted octanol–water partition coefficient (Wildman–Crippen LogP) is -0.981. The van der Waals surface area contributed by atoms with Gasteiger partial charge in [0.1, 0.15) is 0 Å². The van der Waals surface area contributed by atoms with E-state index in [2.05, 4.69) is 15.5 Å². The third-order valence-corrected chi connectivity index (χ3v) is 3.54. The van der Waals surface area contributed by atoms with Crippen LogP contribution in [0.4, 0.5) is 0 Å². The molecule has 0 bridgehead atoms. The number of nitrogens with zero attached hydrogens (tertiary/aromatic N) is 2. The lowest BCUT2D eigenvalue weighted by atomic mass is 10.3. The van der Waals surface area contributed by atoms with Crippen LogP contribution in [0.5, 0.6) is 0 Å². The molecule has 2 N–H and O–H groups in total. The Bertz CT molecular complexity index is 323. The van der Waals surface area contributed by atoms with Crippen LogP contribution < -0.4 is 10.6 Å². The van der Waals surface area contributed by atoms with Crippen molar-refractivity contribution in [2.45, 2.75) is 25.3 Å². The van der Waals surface area contributed by atoms with Crippen molar-refractivity contribution in [1.82, 2.24) is 20.4 Å². The maximum Gasteiger partial charge on any atom is 0.239 e. The molecule has 1 aliphatic heterocycles. The van der Waals surface area contributed by atoms with Crippen molar-refractivity contribution in [1.29, 1.82) is 0 Å². The fraction of sp³-hybridized carbons (Fsp3) is 0.846. The van der Waals surface area contributed by atoms with Crippen LogP contribution in [0, 0.1) is 0 Å². The van der Waals surface area contributed by atoms with E-state index in [-0.39, 0.29) is 18.4 Å². The lowest BCUT2D eigenvalue weighted by Gasteiger charge is -2.23. The van der Waals surface area contributed by atoms with Gasteiger partial charge in [-0.05, 0) is 32.4 Å². The molecular weight excluding hydrogens is 244 g/mol. The monoisotopic (exact) mass is 268 g/mol. The van der Waals surface area contributed by atoms with E-state index in [4.69, 9.17) is 0 Å². The number of amides is 2. The Labute approximate surface area is 114 Å². The van der Waals surface area contributed by atoms with Crippen molar-refractivity contribution in [2.24, 2.45) is 0 Å². The van der Waals surface area contributed by atoms with E-state index in [0.717, 1.165) is 45.4 Å². The van der Waals surface area contributed by atoms with Crippen molar-refractivity contribution < 1.29 is 9.59 Å². The van der Waals surface area contributed by atoms with E-state index >= 15 is 0 Å². The van der Waals surface area contributed by atoms with Crippen LogP contribution >= 0.6 is 0 Å². The molecule has 6 heteroatoms. The second-order valence-electron chi connectivity index (χ2n) is 5.47. The number of nitrogens with one attached hydrogen (secondary N) is 2. The average molecular weight is 268 g/mol. The summed E-state index contributed by atoms with van der Waals surface area (Å²) in [5.41, 5.74) is 0. The van der Waals surface area contributed by atoms with Crippen molar-refractivity contribution in [3.8, 4) is 0 Å². The van der Waals surface area contributed by atoms with Gasteiger partial charge in [-0.25, -0.2) is 0 Å². The molecule has 0 spiro atoms. The van der Waals surface area contributed by atoms with E-state index in [9.17, 15) is 9.59 Å². The van der Waals surface area contributed by atoms with Crippen LogP contribution in [0.1, 0.15) is 19.3 Å². The molecule has 1 aliphatic carbocycles. The second kappa shape index (κ2) is 6.86. The third-order valence-electron chi connectivity index (χ3n) is 3.54. The van der Waals surface area contributed by atoms with Crippen LogP contribution in [0.2, 0.25) is 0 Å². The molecule has 108 valence electrons. The highest BCUT2D eigenvalue weighted by Gasteiger charge is 2.24. The van der Waals surface area contributed by atoms with E-state index in [1.54, 1.807) is 7.05 Å². The summed E-state index contributed by atoms with van der Waals surface area (Å²) in [5.74, 6) is -0.0243. The molecule has 19 heavy (non-hydrogen) atoms. The second-order valence-corrected chi connectivity index (χ2v) is 5.47. The molecule has 0 aromatic rings. The lowest BCUT2D eigenvalue weighted by Crippen LogP contribution is -2.44. The number of carbonyl (C=O) groups is 2. The minimum atomic E-state index is -0.0455. The number of carbonyl (C=O) groups excluding carboxylic acids is 2. The Hall–Kier alpha value is -1.14. The highest BCUT2D eigenvalue weighted by atomic mass is 16.2. The zero-order valence-electron chi connectivity index (χ0n) is 11.7. The zero-order chi connectivity index (χ0) is 13.7. The first-order chi connectivity index (χ1) is 9.15. The smallest absolute Gasteiger partial charge is 0.239 e. The molecule has 0 aromatic carbocycles. The van der Waals surface area contributed by atoms with Crippen LogP contribution in [0.3, 0.4) is 0 Å². The van der Waals surface area contributed by atoms with Crippen LogP contribution in [-0.2, 0) is 9.59 Å². The van der Waals surface area contributed by atoms with Gasteiger partial charge in [0.15, 0.2) is 0 Å². The third kappa shape index (κ3) is 5.16. The molecule has 0 unspecified atom stereocenters. The molecule has 0 atom stereocenters. The number of likely N-dealkylation sites (N-methyl/N-ethyl adjacent to an activating group) is 1. The minimum Gasteiger partial charge on any atom is -0.352 e. The quantitative estimate of drug-likeness (QED) is 0.672. The Kier molecular flexibility index (Phi) is 5.15. The fourth-order valence-corrected chi connectivity index (χ4v) is 2.18. The normalized spacial score (nSPS) is 20.7. The number of rotatable bonds is 5. The maximum absolute atomic E-state index is 12.0. The first-order valence-corrected chi connectivity index (χ1v) is 7.11. The van der Waals surface area contributed by atoms with Crippen LogP contribution in [0.15, 0.2) is 0 Å². The van der Waals surface area contributed by atoms with Crippen molar-refractivity contribution in [2.75, 3.05) is 46.3 Å². The highest BCUT2D eigenvalue weighted by molar-refractivity contribution is 5.85. The van der Waals surface area contributed by atoms with Gasteiger partial charge in [-0.15, -0.1) is 0 Å². The predicted molar refractivity (Wildman–Crippen MR) is 72.7 cm³/mol. The number of hydrogen-bond acceptors (Lipinski definition) is 4. The van der Waals surface area contributed by atoms with Gasteiger partial charge in [0.05, 0.1) is 13.1 Å². The van der Waals surface area contributed by atoms with Gasteiger partial charge in [0.25, 0.3) is 0 Å². The summed E-state index contributed by atoms with van der Waals surface area (Å²) < 4.78 is 0. The molecule has 0 aromatic heterocycles. The molecule has 0 radical (unpaired) electrons. The van der Waals surface area contributed by atoms with Gasteiger partial charge in [-0.3, -0.25) is 14.5 Å². The molecule has 2 rings (SSSR count). The summed E-state index contributed by atoms with van der Waals surface area (Å²) in [6.45, 7) is 4.37. The zero-order valence-corrected chi connectivity index (χ0v) is 11.7. The van der Waals surface area contributed by atoms with Gasteiger partial charge >= 0.3 is 0 Å². The van der Waals surface area contributed by atoms with E-state index in [0.29, 0.717) is 12.6 Å². The SMILES string of the molecule is CN(CC(=O)NC1CC1)C(=O)CN1CCCNCC1. The molecule has 1 saturated heterocycles. The first-order valence-electron chi connectivity index (χ1n) is 7.11. The molecule has 2 amide bonds. The average Bonchev–Trinajstić information content (AvgIpc) is 3.16. The Morgan fingerprint density at radius 1 is 1.32 bits per heavy atom. The largest absolute Gasteiger partial charge is 0.352 e. The fourth-order valence-electron chi connectivity index (χ4n) is 2.18. The van der Waals surface area contributed by atoms with Gasteiger partial charge in [-0.1, -0.05) is 0 Å². The summed E-state index contributed by atoms with van der Waals surface area (Å²) in [5, 5.41) is 6.21. The summed E-state index contributed by atoms with van der Waals surface area (Å²) in [6, 6.07) is 0.354. The topological polar surface area (TPSA) is 64.7 Å². The molecule has 1 saturated carbocycles. The van der Waals surface area contributed by atoms with Gasteiger partial charge in [-0.2, -0.15) is 0 Å². The molecule has 2 aliphatic rings. The van der Waals surface area contributed by atoms with Gasteiger partial charge < -0.3 is 15.5 Å². The maximum atomic E-state index is 12.0. The summed E-state index contributed by atoms with van der Waals surface area (Å²) in [7, 11) is 1.70. The molecule has 2 fully saturated rings. The molecular formula is C13H24N4O2. The number of hydrogen-bond donors (Lipinski definition) is 2. The summed E-state index contributed by atoms with van der Waals surface area (Å²) in [4.78, 5) is 27.3. The standard InChI is InChI=1S/C13H24N4O2/c1-16(9-12(18)15-11-3-4-11)13(19)10-17-7-2-5-14-6-8-17/h11,14H,2-10H2,1H3,(H,15,18). The molecule has 1 heterocycles. The Morgan fingerprint density at radius 3 is 2.84 bits per heavy atom. The Morgan fingerprint density at radius 2 is 2.11 bits per heavy atom. The first kappa shape index (κ1) is 14.3.